The highest BCUT2D eigenvalue weighted by Crippen LogP contribution is 2.21. The highest BCUT2D eigenvalue weighted by Gasteiger charge is 2.08. The Balaban J connectivity index is 1.71. The monoisotopic (exact) mass is 394 g/mol. The molecule has 0 aliphatic carbocycles. The van der Waals surface area contributed by atoms with Crippen LogP contribution in [0.5, 0.6) is 0 Å². The molecule has 2 aromatic carbocycles. The van der Waals surface area contributed by atoms with E-state index in [0.717, 1.165) is 18.8 Å². The second-order valence-corrected chi connectivity index (χ2v) is 6.63. The first-order valence-electron chi connectivity index (χ1n) is 6.10. The van der Waals surface area contributed by atoms with Crippen LogP contribution in [0, 0.1) is 3.57 Å². The van der Waals surface area contributed by atoms with Crippen LogP contribution in [0.4, 0.5) is 0 Å². The molecule has 0 aliphatic rings. The van der Waals surface area contributed by atoms with Crippen molar-refractivity contribution in [2.75, 3.05) is 0 Å². The van der Waals surface area contributed by atoms with E-state index in [1.807, 2.05) is 48.5 Å². The summed E-state index contributed by atoms with van der Waals surface area (Å²) in [6.45, 7) is 0.462. The smallest absolute Gasteiger partial charge is 0.251 e. The number of nitrogens with zero attached hydrogens (tertiary/aromatic N) is 1. The normalized spacial score (nSPS) is 10.7. The predicted molar refractivity (Wildman–Crippen MR) is 89.9 cm³/mol. The Kier molecular flexibility index (Phi) is 3.98. The molecule has 1 amide bonds. The van der Waals surface area contributed by atoms with Crippen molar-refractivity contribution in [3.63, 3.8) is 0 Å². The summed E-state index contributed by atoms with van der Waals surface area (Å²) in [4.78, 5) is 16.5. The van der Waals surface area contributed by atoms with Gasteiger partial charge in [0.1, 0.15) is 5.01 Å². The molecule has 0 radical (unpaired) electrons. The second kappa shape index (κ2) is 5.88. The fourth-order valence-electron chi connectivity index (χ4n) is 1.88. The maximum Gasteiger partial charge on any atom is 0.251 e. The number of halogens is 1. The van der Waals surface area contributed by atoms with Crippen LogP contribution in [-0.2, 0) is 6.54 Å². The van der Waals surface area contributed by atoms with Crippen molar-refractivity contribution in [1.82, 2.24) is 10.3 Å². The van der Waals surface area contributed by atoms with Crippen molar-refractivity contribution in [1.29, 1.82) is 0 Å². The van der Waals surface area contributed by atoms with Gasteiger partial charge in [0.05, 0.1) is 16.8 Å². The predicted octanol–water partition coefficient (Wildman–Crippen LogP) is 3.83. The Morgan fingerprint density at radius 1 is 1.20 bits per heavy atom. The number of benzene rings is 2. The molecule has 20 heavy (non-hydrogen) atoms. The minimum Gasteiger partial charge on any atom is -0.346 e. The van der Waals surface area contributed by atoms with Crippen molar-refractivity contribution in [2.45, 2.75) is 6.54 Å². The molecule has 1 aromatic heterocycles. The highest BCUT2D eigenvalue weighted by atomic mass is 127. The van der Waals surface area contributed by atoms with Gasteiger partial charge in [-0.15, -0.1) is 11.3 Å². The maximum atomic E-state index is 12.0. The van der Waals surface area contributed by atoms with E-state index in [9.17, 15) is 4.79 Å². The number of rotatable bonds is 3. The summed E-state index contributed by atoms with van der Waals surface area (Å²) in [7, 11) is 0. The van der Waals surface area contributed by atoms with E-state index in [1.165, 1.54) is 0 Å². The summed E-state index contributed by atoms with van der Waals surface area (Å²) in [5.41, 5.74) is 1.66. The Morgan fingerprint density at radius 3 is 2.85 bits per heavy atom. The third-order valence-electron chi connectivity index (χ3n) is 2.83. The third kappa shape index (κ3) is 2.99. The van der Waals surface area contributed by atoms with Gasteiger partial charge in [-0.25, -0.2) is 4.98 Å². The van der Waals surface area contributed by atoms with Crippen molar-refractivity contribution in [3.8, 4) is 0 Å². The van der Waals surface area contributed by atoms with Gasteiger partial charge in [0.2, 0.25) is 0 Å². The van der Waals surface area contributed by atoms with E-state index in [-0.39, 0.29) is 5.91 Å². The zero-order chi connectivity index (χ0) is 13.9. The highest BCUT2D eigenvalue weighted by molar-refractivity contribution is 14.1. The molecule has 0 fully saturated rings. The number of carbonyl (C=O) groups excluding carboxylic acids is 1. The molecule has 0 saturated heterocycles. The van der Waals surface area contributed by atoms with Crippen LogP contribution < -0.4 is 5.32 Å². The average molecular weight is 394 g/mol. The summed E-state index contributed by atoms with van der Waals surface area (Å²) in [6, 6.07) is 15.5. The second-order valence-electron chi connectivity index (χ2n) is 4.27. The van der Waals surface area contributed by atoms with E-state index < -0.39 is 0 Å². The number of thiazole rings is 1. The number of fused-ring (bicyclic) bond motifs is 1. The molecule has 3 aromatic rings. The van der Waals surface area contributed by atoms with Gasteiger partial charge in [-0.05, 0) is 52.9 Å². The molecule has 0 bridgehead atoms. The van der Waals surface area contributed by atoms with E-state index in [2.05, 4.69) is 32.9 Å². The van der Waals surface area contributed by atoms with Gasteiger partial charge >= 0.3 is 0 Å². The standard InChI is InChI=1S/C15H11IN2OS/c16-11-5-3-4-10(8-11)15(19)17-9-14-18-12-6-1-2-7-13(12)20-14/h1-8H,9H2,(H,17,19). The number of hydrogen-bond acceptors (Lipinski definition) is 3. The van der Waals surface area contributed by atoms with E-state index in [4.69, 9.17) is 0 Å². The van der Waals surface area contributed by atoms with E-state index in [0.29, 0.717) is 12.1 Å². The van der Waals surface area contributed by atoms with Gasteiger partial charge in [-0.1, -0.05) is 18.2 Å². The molecular formula is C15H11IN2OS. The first kappa shape index (κ1) is 13.5. The van der Waals surface area contributed by atoms with Crippen LogP contribution in [0.3, 0.4) is 0 Å². The Morgan fingerprint density at radius 2 is 2.05 bits per heavy atom. The van der Waals surface area contributed by atoms with Crippen LogP contribution >= 0.6 is 33.9 Å². The lowest BCUT2D eigenvalue weighted by molar-refractivity contribution is 0.0951. The molecule has 0 spiro atoms. The van der Waals surface area contributed by atoms with Crippen molar-refractivity contribution in [3.05, 3.63) is 62.7 Å². The molecule has 1 heterocycles. The minimum atomic E-state index is -0.0669. The zero-order valence-corrected chi connectivity index (χ0v) is 13.4. The summed E-state index contributed by atoms with van der Waals surface area (Å²) in [6.07, 6.45) is 0. The minimum absolute atomic E-state index is 0.0669. The van der Waals surface area contributed by atoms with Gasteiger partial charge in [-0.2, -0.15) is 0 Å². The molecule has 3 rings (SSSR count). The average Bonchev–Trinajstić information content (AvgIpc) is 2.87. The summed E-state index contributed by atoms with van der Waals surface area (Å²) >= 11 is 3.81. The van der Waals surface area contributed by atoms with Gasteiger partial charge in [0.25, 0.3) is 5.91 Å². The molecule has 0 unspecified atom stereocenters. The van der Waals surface area contributed by atoms with E-state index >= 15 is 0 Å². The fourth-order valence-corrected chi connectivity index (χ4v) is 3.33. The first-order chi connectivity index (χ1) is 9.72. The Bertz CT molecular complexity index is 736. The van der Waals surface area contributed by atoms with Crippen LogP contribution in [0.15, 0.2) is 48.5 Å². The van der Waals surface area contributed by atoms with Crippen LogP contribution in [0.1, 0.15) is 15.4 Å². The third-order valence-corrected chi connectivity index (χ3v) is 4.53. The van der Waals surface area contributed by atoms with Crippen LogP contribution in [-0.4, -0.2) is 10.9 Å². The molecule has 1 N–H and O–H groups in total. The Labute approximate surface area is 134 Å². The van der Waals surface area contributed by atoms with Gasteiger partial charge in [0.15, 0.2) is 0 Å². The summed E-state index contributed by atoms with van der Waals surface area (Å²) < 4.78 is 2.20. The summed E-state index contributed by atoms with van der Waals surface area (Å²) in [5.74, 6) is -0.0669. The molecule has 3 nitrogen and oxygen atoms in total. The SMILES string of the molecule is O=C(NCc1nc2ccccc2s1)c1cccc(I)c1. The van der Waals surface area contributed by atoms with Crippen molar-refractivity contribution >= 4 is 50.1 Å². The molecule has 0 aliphatic heterocycles. The lowest BCUT2D eigenvalue weighted by Gasteiger charge is -2.03. The van der Waals surface area contributed by atoms with Gasteiger partial charge in [0, 0.05) is 9.13 Å². The topological polar surface area (TPSA) is 42.0 Å². The van der Waals surface area contributed by atoms with Crippen molar-refractivity contribution < 1.29 is 4.79 Å². The molecule has 100 valence electrons. The fraction of sp³-hybridized carbons (Fsp3) is 0.0667. The lowest BCUT2D eigenvalue weighted by Crippen LogP contribution is -2.22. The van der Waals surface area contributed by atoms with Gasteiger partial charge in [-0.3, -0.25) is 4.79 Å². The number of carbonyl (C=O) groups is 1. The molecule has 5 heteroatoms. The quantitative estimate of drug-likeness (QED) is 0.687. The first-order valence-corrected chi connectivity index (χ1v) is 8.00. The Hall–Kier alpha value is -1.47. The maximum absolute atomic E-state index is 12.0. The number of para-hydroxylation sites is 1. The largest absolute Gasteiger partial charge is 0.346 e. The van der Waals surface area contributed by atoms with Crippen LogP contribution in [0.25, 0.3) is 10.2 Å². The number of hydrogen-bond donors (Lipinski definition) is 1. The number of aromatic nitrogens is 1. The molecule has 0 saturated carbocycles. The number of amides is 1. The summed E-state index contributed by atoms with van der Waals surface area (Å²) in [5, 5.41) is 3.83. The van der Waals surface area contributed by atoms with Crippen LogP contribution in [0.2, 0.25) is 0 Å². The van der Waals surface area contributed by atoms with Crippen molar-refractivity contribution in [2.24, 2.45) is 0 Å². The van der Waals surface area contributed by atoms with Gasteiger partial charge < -0.3 is 5.32 Å². The zero-order valence-electron chi connectivity index (χ0n) is 10.5. The lowest BCUT2D eigenvalue weighted by atomic mass is 10.2. The van der Waals surface area contributed by atoms with E-state index in [1.54, 1.807) is 11.3 Å². The number of nitrogens with one attached hydrogen (secondary N) is 1. The molecule has 0 atom stereocenters. The molecular weight excluding hydrogens is 383 g/mol.